The molecule has 0 aromatic heterocycles. The van der Waals surface area contributed by atoms with E-state index in [1.165, 1.54) is 16.8 Å². The van der Waals surface area contributed by atoms with Crippen LogP contribution >= 0.6 is 0 Å². The minimum absolute atomic E-state index is 0.180. The van der Waals surface area contributed by atoms with E-state index in [2.05, 4.69) is 73.5 Å². The van der Waals surface area contributed by atoms with E-state index in [9.17, 15) is 10.2 Å². The maximum atomic E-state index is 12.1. The number of aliphatic hydroxyl groups is 2. The molecule has 2 N–H and O–H groups in total. The van der Waals surface area contributed by atoms with Crippen LogP contribution in [0.25, 0.3) is 0 Å². The molecule has 6 aliphatic rings. The van der Waals surface area contributed by atoms with Gasteiger partial charge in [-0.15, -0.1) is 0 Å². The van der Waals surface area contributed by atoms with Crippen LogP contribution in [0.2, 0.25) is 0 Å². The lowest BCUT2D eigenvalue weighted by atomic mass is 9.60. The van der Waals surface area contributed by atoms with Crippen molar-refractivity contribution in [3.63, 3.8) is 0 Å². The first-order valence-corrected chi connectivity index (χ1v) is 12.1. The van der Waals surface area contributed by atoms with E-state index in [1.54, 1.807) is 0 Å². The standard InChI is InChI=1S/C27H33N2O2/c1-3-17-18-13-21-24-27(19-11-7-8-12-20(19)28(24)2)14-22(23(18)25(27)30)29(21,26(17)31)15-16-9-5-4-6-10-16/h4-12,17-18,21-26,30-31H,3,13-15H2,1-2H3/q+1/t17-,18?,21-,22-,23?,24-,25+,26+,27?,29-/m0/s1. The maximum absolute atomic E-state index is 12.1. The highest BCUT2D eigenvalue weighted by atomic mass is 16.3. The summed E-state index contributed by atoms with van der Waals surface area (Å²) in [6.07, 6.45) is 2.47. The highest BCUT2D eigenvalue weighted by molar-refractivity contribution is 5.66. The van der Waals surface area contributed by atoms with Crippen LogP contribution in [0, 0.1) is 17.8 Å². The fourth-order valence-electron chi connectivity index (χ4n) is 9.60. The largest absolute Gasteiger partial charge is 0.392 e. The van der Waals surface area contributed by atoms with Crippen LogP contribution in [0.15, 0.2) is 54.6 Å². The number of anilines is 1. The molecule has 1 saturated carbocycles. The van der Waals surface area contributed by atoms with Crippen LogP contribution in [0.1, 0.15) is 37.3 Å². The van der Waals surface area contributed by atoms with Crippen molar-refractivity contribution in [2.24, 2.45) is 17.8 Å². The predicted molar refractivity (Wildman–Crippen MR) is 120 cm³/mol. The Hall–Kier alpha value is -1.88. The first-order valence-electron chi connectivity index (χ1n) is 12.1. The molecule has 8 rings (SSSR count). The molecule has 3 unspecified atom stereocenters. The molecule has 2 aromatic rings. The van der Waals surface area contributed by atoms with Gasteiger partial charge in [-0.1, -0.05) is 55.5 Å². The summed E-state index contributed by atoms with van der Waals surface area (Å²) in [7, 11) is 2.23. The van der Waals surface area contributed by atoms with Crippen LogP contribution in [0.5, 0.6) is 0 Å². The number of nitrogens with zero attached hydrogens (tertiary/aromatic N) is 2. The summed E-state index contributed by atoms with van der Waals surface area (Å²) in [5, 5.41) is 24.1. The highest BCUT2D eigenvalue weighted by Gasteiger charge is 2.82. The minimum Gasteiger partial charge on any atom is -0.392 e. The van der Waals surface area contributed by atoms with Crippen molar-refractivity contribution in [3.8, 4) is 0 Å². The van der Waals surface area contributed by atoms with Gasteiger partial charge in [-0.3, -0.25) is 4.48 Å². The summed E-state index contributed by atoms with van der Waals surface area (Å²) in [6.45, 7) is 3.11. The van der Waals surface area contributed by atoms with Crippen LogP contribution in [-0.2, 0) is 12.0 Å². The smallest absolute Gasteiger partial charge is 0.194 e. The lowest BCUT2D eigenvalue weighted by Crippen LogP contribution is -2.82. The van der Waals surface area contributed by atoms with Gasteiger partial charge in [-0.05, 0) is 24.0 Å². The van der Waals surface area contributed by atoms with Gasteiger partial charge in [-0.25, -0.2) is 0 Å². The Balaban J connectivity index is 1.47. The normalized spacial score (nSPS) is 48.2. The number of aliphatic hydroxyl groups excluding tert-OH is 2. The van der Waals surface area contributed by atoms with Crippen molar-refractivity contribution < 1.29 is 14.7 Å². The molecule has 5 bridgehead atoms. The summed E-state index contributed by atoms with van der Waals surface area (Å²) >= 11 is 0. The monoisotopic (exact) mass is 417 g/mol. The van der Waals surface area contributed by atoms with Crippen LogP contribution in [0.4, 0.5) is 5.69 Å². The van der Waals surface area contributed by atoms with Crippen LogP contribution in [-0.4, -0.2) is 52.2 Å². The Morgan fingerprint density at radius 3 is 2.55 bits per heavy atom. The van der Waals surface area contributed by atoms with E-state index in [0.29, 0.717) is 18.0 Å². The molecule has 5 fully saturated rings. The SMILES string of the molecule is CC[C@H]1C2C[C@H]3[C@@H]4N(C)c5ccccc5C45C[C@@H](C2[C@H]5O)[N@@+]3(Cc2ccccc2)[C@@H]1O. The molecule has 5 aliphatic heterocycles. The number of quaternary nitrogens is 1. The molecule has 0 amide bonds. The summed E-state index contributed by atoms with van der Waals surface area (Å²) < 4.78 is 0.769. The zero-order valence-corrected chi connectivity index (χ0v) is 18.4. The summed E-state index contributed by atoms with van der Waals surface area (Å²) in [4.78, 5) is 2.47. The van der Waals surface area contributed by atoms with Gasteiger partial charge in [0.2, 0.25) is 0 Å². The van der Waals surface area contributed by atoms with Gasteiger partial charge >= 0.3 is 0 Å². The van der Waals surface area contributed by atoms with Gasteiger partial charge < -0.3 is 15.1 Å². The van der Waals surface area contributed by atoms with E-state index >= 15 is 0 Å². The van der Waals surface area contributed by atoms with Crippen molar-refractivity contribution >= 4 is 5.69 Å². The summed E-state index contributed by atoms with van der Waals surface area (Å²) in [5.41, 5.74) is 3.78. The Morgan fingerprint density at radius 1 is 1.03 bits per heavy atom. The molecule has 5 heterocycles. The van der Waals surface area contributed by atoms with E-state index in [1.807, 2.05) is 0 Å². The molecule has 162 valence electrons. The number of piperidine rings is 4. The highest BCUT2D eigenvalue weighted by Crippen LogP contribution is 2.71. The van der Waals surface area contributed by atoms with Crippen molar-refractivity contribution in [1.82, 2.24) is 0 Å². The number of para-hydroxylation sites is 1. The Morgan fingerprint density at radius 2 is 1.77 bits per heavy atom. The van der Waals surface area contributed by atoms with Crippen molar-refractivity contribution in [3.05, 3.63) is 65.7 Å². The second-order valence-electron chi connectivity index (χ2n) is 11.0. The lowest BCUT2D eigenvalue weighted by molar-refractivity contribution is -1.05. The van der Waals surface area contributed by atoms with Gasteiger partial charge in [0.25, 0.3) is 0 Å². The number of likely N-dealkylation sites (N-methyl/N-ethyl adjacent to an activating group) is 1. The number of hydrogen-bond acceptors (Lipinski definition) is 3. The lowest BCUT2D eigenvalue weighted by Gasteiger charge is -2.68. The Kier molecular flexibility index (Phi) is 3.56. The quantitative estimate of drug-likeness (QED) is 0.754. The Bertz CT molecular complexity index is 1040. The van der Waals surface area contributed by atoms with Crippen molar-refractivity contribution in [2.75, 3.05) is 11.9 Å². The number of benzene rings is 2. The van der Waals surface area contributed by atoms with E-state index in [4.69, 9.17) is 0 Å². The average molecular weight is 418 g/mol. The molecule has 2 aromatic carbocycles. The predicted octanol–water partition coefficient (Wildman–Crippen LogP) is 3.27. The minimum atomic E-state index is -0.337. The maximum Gasteiger partial charge on any atom is 0.194 e. The van der Waals surface area contributed by atoms with Gasteiger partial charge in [0, 0.05) is 43.0 Å². The summed E-state index contributed by atoms with van der Waals surface area (Å²) in [5.74, 6) is 1.01. The first kappa shape index (κ1) is 18.7. The number of hydrogen-bond donors (Lipinski definition) is 2. The second kappa shape index (κ2) is 5.92. The molecule has 1 spiro atoms. The fraction of sp³-hybridized carbons (Fsp3) is 0.556. The van der Waals surface area contributed by atoms with E-state index in [0.717, 1.165) is 30.3 Å². The number of fused-ring (bicyclic) bond motifs is 2. The molecule has 31 heavy (non-hydrogen) atoms. The molecular formula is C27H33N2O2+. The van der Waals surface area contributed by atoms with E-state index < -0.39 is 0 Å². The van der Waals surface area contributed by atoms with E-state index in [-0.39, 0.29) is 35.6 Å². The number of rotatable bonds is 3. The zero-order chi connectivity index (χ0) is 21.1. The molecule has 4 heteroatoms. The van der Waals surface area contributed by atoms with Gasteiger partial charge in [0.05, 0.1) is 23.6 Å². The molecule has 10 atom stereocenters. The third kappa shape index (κ3) is 1.88. The molecular weight excluding hydrogens is 384 g/mol. The van der Waals surface area contributed by atoms with Crippen LogP contribution < -0.4 is 4.90 Å². The molecule has 4 nitrogen and oxygen atoms in total. The Labute approximate surface area is 184 Å². The fourth-order valence-corrected chi connectivity index (χ4v) is 9.60. The van der Waals surface area contributed by atoms with Gasteiger partial charge in [0.15, 0.2) is 6.23 Å². The second-order valence-corrected chi connectivity index (χ2v) is 11.0. The van der Waals surface area contributed by atoms with Gasteiger partial charge in [0.1, 0.15) is 12.6 Å². The van der Waals surface area contributed by atoms with Crippen molar-refractivity contribution in [2.45, 2.75) is 68.6 Å². The topological polar surface area (TPSA) is 43.7 Å². The molecule has 1 aliphatic carbocycles. The van der Waals surface area contributed by atoms with Crippen LogP contribution in [0.3, 0.4) is 0 Å². The third-order valence-electron chi connectivity index (χ3n) is 10.4. The average Bonchev–Trinajstić information content (AvgIpc) is 3.18. The third-order valence-corrected chi connectivity index (χ3v) is 10.4. The first-order chi connectivity index (χ1) is 15.1. The summed E-state index contributed by atoms with van der Waals surface area (Å²) in [6, 6.07) is 20.5. The zero-order valence-electron chi connectivity index (χ0n) is 18.4. The van der Waals surface area contributed by atoms with Gasteiger partial charge in [-0.2, -0.15) is 0 Å². The molecule has 4 saturated heterocycles. The van der Waals surface area contributed by atoms with Crippen molar-refractivity contribution in [1.29, 1.82) is 0 Å². The molecule has 0 radical (unpaired) electrons.